The first-order valence-electron chi connectivity index (χ1n) is 11.3. The molecular weight excluding hydrogens is 412 g/mol. The van der Waals surface area contributed by atoms with Crippen LogP contribution in [0, 0.1) is 6.92 Å². The van der Waals surface area contributed by atoms with E-state index < -0.39 is 0 Å². The number of H-pyrrole nitrogens is 1. The first-order chi connectivity index (χ1) is 16.2. The molecule has 164 valence electrons. The Labute approximate surface area is 191 Å². The van der Waals surface area contributed by atoms with Crippen LogP contribution in [0.2, 0.25) is 0 Å². The van der Waals surface area contributed by atoms with E-state index in [1.54, 1.807) is 10.9 Å². The number of hydrogen-bond acceptors (Lipinski definition) is 4. The van der Waals surface area contributed by atoms with Gasteiger partial charge in [0.25, 0.3) is 5.91 Å². The van der Waals surface area contributed by atoms with Gasteiger partial charge in [-0.15, -0.1) is 0 Å². The highest BCUT2D eigenvalue weighted by atomic mass is 16.2. The van der Waals surface area contributed by atoms with Crippen molar-refractivity contribution in [2.75, 3.05) is 13.1 Å². The van der Waals surface area contributed by atoms with E-state index in [9.17, 15) is 4.79 Å². The van der Waals surface area contributed by atoms with Gasteiger partial charge in [-0.05, 0) is 50.1 Å². The molecule has 1 aliphatic rings. The van der Waals surface area contributed by atoms with Crippen molar-refractivity contribution < 1.29 is 4.79 Å². The van der Waals surface area contributed by atoms with E-state index in [2.05, 4.69) is 16.1 Å². The number of fused-ring (bicyclic) bond motifs is 2. The molecule has 0 unspecified atom stereocenters. The van der Waals surface area contributed by atoms with Gasteiger partial charge in [-0.1, -0.05) is 30.3 Å². The Morgan fingerprint density at radius 3 is 2.52 bits per heavy atom. The van der Waals surface area contributed by atoms with E-state index in [1.165, 1.54) is 0 Å². The second-order valence-corrected chi connectivity index (χ2v) is 8.62. The smallest absolute Gasteiger partial charge is 0.257 e. The van der Waals surface area contributed by atoms with Crippen molar-refractivity contribution in [2.24, 2.45) is 0 Å². The van der Waals surface area contributed by atoms with E-state index in [4.69, 9.17) is 9.97 Å². The molecule has 1 aliphatic heterocycles. The lowest BCUT2D eigenvalue weighted by Gasteiger charge is -2.31. The minimum atomic E-state index is 0.0302. The summed E-state index contributed by atoms with van der Waals surface area (Å²) in [6.45, 7) is 3.34. The van der Waals surface area contributed by atoms with Gasteiger partial charge >= 0.3 is 0 Å². The lowest BCUT2D eigenvalue weighted by atomic mass is 9.95. The van der Waals surface area contributed by atoms with Gasteiger partial charge in [-0.3, -0.25) is 4.79 Å². The van der Waals surface area contributed by atoms with Crippen molar-refractivity contribution in [1.29, 1.82) is 0 Å². The van der Waals surface area contributed by atoms with E-state index in [-0.39, 0.29) is 5.91 Å². The number of benzene rings is 2. The Morgan fingerprint density at radius 1 is 0.939 bits per heavy atom. The molecule has 1 amide bonds. The van der Waals surface area contributed by atoms with Gasteiger partial charge in [0.1, 0.15) is 5.82 Å². The number of nitrogens with one attached hydrogen (secondary N) is 1. The zero-order chi connectivity index (χ0) is 22.4. The van der Waals surface area contributed by atoms with Gasteiger partial charge in [-0.25, -0.2) is 14.6 Å². The van der Waals surface area contributed by atoms with E-state index in [1.807, 2.05) is 66.4 Å². The molecule has 1 fully saturated rings. The van der Waals surface area contributed by atoms with E-state index in [0.717, 1.165) is 46.3 Å². The summed E-state index contributed by atoms with van der Waals surface area (Å²) < 4.78 is 1.75. The van der Waals surface area contributed by atoms with Crippen LogP contribution in [0.1, 0.15) is 40.6 Å². The first kappa shape index (κ1) is 19.7. The maximum atomic E-state index is 13.3. The summed E-state index contributed by atoms with van der Waals surface area (Å²) in [7, 11) is 0. The highest BCUT2D eigenvalue weighted by Crippen LogP contribution is 2.29. The van der Waals surface area contributed by atoms with Crippen molar-refractivity contribution in [2.45, 2.75) is 25.7 Å². The number of rotatable bonds is 3. The fourth-order valence-electron chi connectivity index (χ4n) is 4.72. The van der Waals surface area contributed by atoms with Crippen LogP contribution in [-0.2, 0) is 0 Å². The molecule has 4 heterocycles. The fourth-order valence-corrected chi connectivity index (χ4v) is 4.72. The Kier molecular flexibility index (Phi) is 4.68. The SMILES string of the molecule is Cc1c(C(=O)N2CCC(c3nc4ccccc4[nH]3)CC2)cnn1-c1ccc2ccccc2n1. The lowest BCUT2D eigenvalue weighted by molar-refractivity contribution is 0.0710. The molecule has 0 radical (unpaired) electrons. The van der Waals surface area contributed by atoms with Crippen LogP contribution in [0.25, 0.3) is 27.8 Å². The number of piperidine rings is 1. The maximum absolute atomic E-state index is 13.3. The Bertz CT molecular complexity index is 1440. The Morgan fingerprint density at radius 2 is 1.70 bits per heavy atom. The molecule has 5 aromatic rings. The van der Waals surface area contributed by atoms with Crippen LogP contribution in [0.5, 0.6) is 0 Å². The standard InChI is InChI=1S/C26H24N6O/c1-17-20(16-27-32(17)24-11-10-18-6-2-3-7-21(18)28-24)26(33)31-14-12-19(13-15-31)25-29-22-8-4-5-9-23(22)30-25/h2-11,16,19H,12-15H2,1H3,(H,29,30). The average molecular weight is 437 g/mol. The number of carbonyl (C=O) groups excluding carboxylic acids is 1. The van der Waals surface area contributed by atoms with Crippen molar-refractivity contribution >= 4 is 27.8 Å². The molecule has 0 aliphatic carbocycles. The van der Waals surface area contributed by atoms with Crippen molar-refractivity contribution in [3.05, 3.63) is 83.9 Å². The van der Waals surface area contributed by atoms with Crippen LogP contribution in [0.4, 0.5) is 0 Å². The van der Waals surface area contributed by atoms with Gasteiger partial charge in [0.15, 0.2) is 5.82 Å². The van der Waals surface area contributed by atoms with Crippen LogP contribution >= 0.6 is 0 Å². The molecular formula is C26H24N6O. The zero-order valence-corrected chi connectivity index (χ0v) is 18.4. The molecule has 7 nitrogen and oxygen atoms in total. The van der Waals surface area contributed by atoms with Gasteiger partial charge in [0.05, 0.1) is 34.0 Å². The number of imidazole rings is 1. The second-order valence-electron chi connectivity index (χ2n) is 8.62. The first-order valence-corrected chi connectivity index (χ1v) is 11.3. The normalized spacial score (nSPS) is 14.9. The number of aromatic amines is 1. The molecule has 0 bridgehead atoms. The largest absolute Gasteiger partial charge is 0.342 e. The highest BCUT2D eigenvalue weighted by molar-refractivity contribution is 5.95. The summed E-state index contributed by atoms with van der Waals surface area (Å²) in [5.74, 6) is 2.11. The van der Waals surface area contributed by atoms with Gasteiger partial charge in [0.2, 0.25) is 0 Å². The topological polar surface area (TPSA) is 79.7 Å². The predicted molar refractivity (Wildman–Crippen MR) is 128 cm³/mol. The van der Waals surface area contributed by atoms with Crippen molar-refractivity contribution in [3.63, 3.8) is 0 Å². The number of para-hydroxylation sites is 3. The quantitative estimate of drug-likeness (QED) is 0.447. The van der Waals surface area contributed by atoms with Crippen molar-refractivity contribution in [1.82, 2.24) is 29.6 Å². The number of aromatic nitrogens is 5. The minimum Gasteiger partial charge on any atom is -0.342 e. The monoisotopic (exact) mass is 436 g/mol. The van der Waals surface area contributed by atoms with E-state index >= 15 is 0 Å². The molecule has 2 aromatic carbocycles. The number of likely N-dealkylation sites (tertiary alicyclic amines) is 1. The van der Waals surface area contributed by atoms with E-state index in [0.29, 0.717) is 30.4 Å². The van der Waals surface area contributed by atoms with Gasteiger partial charge in [-0.2, -0.15) is 5.10 Å². The summed E-state index contributed by atoms with van der Waals surface area (Å²) >= 11 is 0. The third-order valence-electron chi connectivity index (χ3n) is 6.62. The van der Waals surface area contributed by atoms with Crippen LogP contribution < -0.4 is 0 Å². The summed E-state index contributed by atoms with van der Waals surface area (Å²) in [5, 5.41) is 5.57. The van der Waals surface area contributed by atoms with Crippen LogP contribution in [-0.4, -0.2) is 48.6 Å². The second kappa shape index (κ2) is 7.85. The molecule has 1 N–H and O–H groups in total. The summed E-state index contributed by atoms with van der Waals surface area (Å²) in [4.78, 5) is 28.1. The van der Waals surface area contributed by atoms with Crippen LogP contribution in [0.15, 0.2) is 66.9 Å². The molecule has 7 heteroatoms. The number of pyridine rings is 1. The molecule has 0 atom stereocenters. The third kappa shape index (κ3) is 3.46. The maximum Gasteiger partial charge on any atom is 0.257 e. The minimum absolute atomic E-state index is 0.0302. The Hall–Kier alpha value is -4.00. The number of nitrogens with zero attached hydrogens (tertiary/aromatic N) is 5. The molecule has 0 saturated carbocycles. The van der Waals surface area contributed by atoms with Gasteiger partial charge in [0, 0.05) is 24.4 Å². The third-order valence-corrected chi connectivity index (χ3v) is 6.62. The summed E-state index contributed by atoms with van der Waals surface area (Å²) in [5.41, 5.74) is 4.41. The molecule has 0 spiro atoms. The van der Waals surface area contributed by atoms with Crippen molar-refractivity contribution in [3.8, 4) is 5.82 Å². The number of amides is 1. The number of carbonyl (C=O) groups is 1. The Balaban J connectivity index is 1.19. The molecule has 3 aromatic heterocycles. The van der Waals surface area contributed by atoms with Crippen LogP contribution in [0.3, 0.4) is 0 Å². The predicted octanol–water partition coefficient (Wildman–Crippen LogP) is 4.63. The zero-order valence-electron chi connectivity index (χ0n) is 18.4. The van der Waals surface area contributed by atoms with Gasteiger partial charge < -0.3 is 9.88 Å². The fraction of sp³-hybridized carbons (Fsp3) is 0.231. The molecule has 6 rings (SSSR count). The summed E-state index contributed by atoms with van der Waals surface area (Å²) in [6.07, 6.45) is 3.45. The highest BCUT2D eigenvalue weighted by Gasteiger charge is 2.28. The molecule has 1 saturated heterocycles. The summed E-state index contributed by atoms with van der Waals surface area (Å²) in [6, 6.07) is 20.1. The lowest BCUT2D eigenvalue weighted by Crippen LogP contribution is -2.38. The number of hydrogen-bond donors (Lipinski definition) is 1. The molecule has 33 heavy (non-hydrogen) atoms. The average Bonchev–Trinajstić information content (AvgIpc) is 3.47.